The SMILES string of the molecule is CCCCCCC[C@@H](C)OC(=O)c1ccc(O)cc1. The number of hydrogen-bond acceptors (Lipinski definition) is 3. The third kappa shape index (κ3) is 6.27. The van der Waals surface area contributed by atoms with Crippen molar-refractivity contribution in [2.75, 3.05) is 0 Å². The molecule has 0 spiro atoms. The summed E-state index contributed by atoms with van der Waals surface area (Å²) in [6.45, 7) is 4.13. The van der Waals surface area contributed by atoms with Gasteiger partial charge < -0.3 is 9.84 Å². The molecule has 3 heteroatoms. The van der Waals surface area contributed by atoms with Crippen LogP contribution in [-0.4, -0.2) is 17.2 Å². The Morgan fingerprint density at radius 2 is 1.79 bits per heavy atom. The Balaban J connectivity index is 2.26. The van der Waals surface area contributed by atoms with Gasteiger partial charge in [0.05, 0.1) is 11.7 Å². The highest BCUT2D eigenvalue weighted by molar-refractivity contribution is 5.89. The van der Waals surface area contributed by atoms with Crippen LogP contribution in [0.25, 0.3) is 0 Å². The van der Waals surface area contributed by atoms with Crippen molar-refractivity contribution in [3.8, 4) is 5.75 Å². The van der Waals surface area contributed by atoms with Gasteiger partial charge in [0.2, 0.25) is 0 Å². The van der Waals surface area contributed by atoms with E-state index in [1.165, 1.54) is 37.8 Å². The molecule has 0 saturated heterocycles. The minimum atomic E-state index is -0.318. The summed E-state index contributed by atoms with van der Waals surface area (Å²) in [6, 6.07) is 6.13. The number of unbranched alkanes of at least 4 members (excludes halogenated alkanes) is 4. The first-order valence-electron chi connectivity index (χ1n) is 7.13. The van der Waals surface area contributed by atoms with Gasteiger partial charge in [-0.2, -0.15) is 0 Å². The number of aromatic hydroxyl groups is 1. The van der Waals surface area contributed by atoms with Crippen LogP contribution < -0.4 is 0 Å². The van der Waals surface area contributed by atoms with Crippen molar-refractivity contribution in [1.82, 2.24) is 0 Å². The van der Waals surface area contributed by atoms with E-state index in [2.05, 4.69) is 6.92 Å². The monoisotopic (exact) mass is 264 g/mol. The van der Waals surface area contributed by atoms with E-state index in [4.69, 9.17) is 9.84 Å². The zero-order chi connectivity index (χ0) is 14.1. The molecular weight excluding hydrogens is 240 g/mol. The molecule has 1 aromatic rings. The lowest BCUT2D eigenvalue weighted by atomic mass is 10.1. The molecule has 0 unspecified atom stereocenters. The van der Waals surface area contributed by atoms with Crippen molar-refractivity contribution in [1.29, 1.82) is 0 Å². The van der Waals surface area contributed by atoms with Gasteiger partial charge in [0.1, 0.15) is 5.75 Å². The minimum Gasteiger partial charge on any atom is -0.508 e. The topological polar surface area (TPSA) is 46.5 Å². The van der Waals surface area contributed by atoms with Crippen molar-refractivity contribution < 1.29 is 14.6 Å². The molecule has 0 amide bonds. The molecule has 0 aliphatic carbocycles. The molecule has 0 aliphatic heterocycles. The van der Waals surface area contributed by atoms with Gasteiger partial charge in [0, 0.05) is 0 Å². The van der Waals surface area contributed by atoms with Gasteiger partial charge in [0.15, 0.2) is 0 Å². The van der Waals surface area contributed by atoms with Crippen LogP contribution >= 0.6 is 0 Å². The second kappa shape index (κ2) is 8.57. The van der Waals surface area contributed by atoms with Gasteiger partial charge in [-0.15, -0.1) is 0 Å². The maximum Gasteiger partial charge on any atom is 0.338 e. The summed E-state index contributed by atoms with van der Waals surface area (Å²) < 4.78 is 5.36. The van der Waals surface area contributed by atoms with Gasteiger partial charge in [-0.25, -0.2) is 4.79 Å². The van der Waals surface area contributed by atoms with Crippen molar-refractivity contribution in [3.63, 3.8) is 0 Å². The third-order valence-electron chi connectivity index (χ3n) is 3.13. The van der Waals surface area contributed by atoms with Gasteiger partial charge in [-0.05, 0) is 44.0 Å². The van der Waals surface area contributed by atoms with Crippen LogP contribution in [0, 0.1) is 0 Å². The Kier molecular flexibility index (Phi) is 7.01. The Morgan fingerprint density at radius 1 is 1.16 bits per heavy atom. The van der Waals surface area contributed by atoms with E-state index < -0.39 is 0 Å². The second-order valence-corrected chi connectivity index (χ2v) is 4.97. The lowest BCUT2D eigenvalue weighted by Crippen LogP contribution is -2.14. The van der Waals surface area contributed by atoms with Crippen LogP contribution in [0.4, 0.5) is 0 Å². The van der Waals surface area contributed by atoms with Crippen molar-refractivity contribution in [3.05, 3.63) is 29.8 Å². The highest BCUT2D eigenvalue weighted by Crippen LogP contribution is 2.14. The fourth-order valence-electron chi connectivity index (χ4n) is 1.94. The van der Waals surface area contributed by atoms with E-state index in [0.29, 0.717) is 5.56 Å². The zero-order valence-electron chi connectivity index (χ0n) is 11.9. The standard InChI is InChI=1S/C16H24O3/c1-3-4-5-6-7-8-13(2)19-16(18)14-9-11-15(17)12-10-14/h9-13,17H,3-8H2,1-2H3/t13-/m1/s1. The van der Waals surface area contributed by atoms with Crippen LogP contribution in [0.5, 0.6) is 5.75 Å². The zero-order valence-corrected chi connectivity index (χ0v) is 11.9. The molecule has 106 valence electrons. The van der Waals surface area contributed by atoms with E-state index in [0.717, 1.165) is 12.8 Å². The number of benzene rings is 1. The third-order valence-corrected chi connectivity index (χ3v) is 3.13. The van der Waals surface area contributed by atoms with E-state index in [1.54, 1.807) is 12.1 Å². The first kappa shape index (κ1) is 15.5. The second-order valence-electron chi connectivity index (χ2n) is 4.97. The largest absolute Gasteiger partial charge is 0.508 e. The molecule has 0 bridgehead atoms. The van der Waals surface area contributed by atoms with Gasteiger partial charge >= 0.3 is 5.97 Å². The number of ether oxygens (including phenoxy) is 1. The smallest absolute Gasteiger partial charge is 0.338 e. The molecule has 0 radical (unpaired) electrons. The summed E-state index contributed by atoms with van der Waals surface area (Å²) in [6.07, 6.45) is 6.94. The number of phenols is 1. The Hall–Kier alpha value is -1.51. The van der Waals surface area contributed by atoms with E-state index in [9.17, 15) is 4.79 Å². The quantitative estimate of drug-likeness (QED) is 0.562. The molecule has 19 heavy (non-hydrogen) atoms. The molecule has 0 fully saturated rings. The molecule has 1 rings (SSSR count). The average Bonchev–Trinajstić information content (AvgIpc) is 2.39. The molecule has 0 aliphatic rings. The molecule has 0 heterocycles. The number of esters is 1. The summed E-state index contributed by atoms with van der Waals surface area (Å²) in [5.74, 6) is -0.165. The number of phenolic OH excluding ortho intramolecular Hbond substituents is 1. The van der Waals surface area contributed by atoms with Gasteiger partial charge in [-0.3, -0.25) is 0 Å². The van der Waals surface area contributed by atoms with Crippen molar-refractivity contribution in [2.24, 2.45) is 0 Å². The van der Waals surface area contributed by atoms with Crippen molar-refractivity contribution in [2.45, 2.75) is 58.5 Å². The predicted octanol–water partition coefficient (Wildman–Crippen LogP) is 4.30. The molecule has 0 aromatic heterocycles. The summed E-state index contributed by atoms with van der Waals surface area (Å²) in [5, 5.41) is 9.16. The number of hydrogen-bond donors (Lipinski definition) is 1. The molecule has 1 N–H and O–H groups in total. The molecule has 3 nitrogen and oxygen atoms in total. The Labute approximate surface area is 115 Å². The highest BCUT2D eigenvalue weighted by atomic mass is 16.5. The highest BCUT2D eigenvalue weighted by Gasteiger charge is 2.11. The fraction of sp³-hybridized carbons (Fsp3) is 0.562. The molecule has 0 saturated carbocycles. The lowest BCUT2D eigenvalue weighted by molar-refractivity contribution is 0.0319. The Morgan fingerprint density at radius 3 is 2.42 bits per heavy atom. The fourth-order valence-corrected chi connectivity index (χ4v) is 1.94. The summed E-state index contributed by atoms with van der Waals surface area (Å²) >= 11 is 0. The summed E-state index contributed by atoms with van der Waals surface area (Å²) in [4.78, 5) is 11.8. The molecular formula is C16H24O3. The van der Waals surface area contributed by atoms with Crippen LogP contribution in [0.1, 0.15) is 62.7 Å². The average molecular weight is 264 g/mol. The number of rotatable bonds is 8. The molecule has 1 atom stereocenters. The van der Waals surface area contributed by atoms with Crippen LogP contribution in [0.2, 0.25) is 0 Å². The van der Waals surface area contributed by atoms with Crippen LogP contribution in [-0.2, 0) is 4.74 Å². The predicted molar refractivity (Wildman–Crippen MR) is 76.4 cm³/mol. The van der Waals surface area contributed by atoms with E-state index in [-0.39, 0.29) is 17.8 Å². The van der Waals surface area contributed by atoms with Gasteiger partial charge in [0.25, 0.3) is 0 Å². The van der Waals surface area contributed by atoms with E-state index >= 15 is 0 Å². The molecule has 1 aromatic carbocycles. The summed E-state index contributed by atoms with van der Waals surface area (Å²) in [5.41, 5.74) is 0.482. The summed E-state index contributed by atoms with van der Waals surface area (Å²) in [7, 11) is 0. The van der Waals surface area contributed by atoms with E-state index in [1.807, 2.05) is 6.92 Å². The van der Waals surface area contributed by atoms with Crippen LogP contribution in [0.3, 0.4) is 0 Å². The van der Waals surface area contributed by atoms with Crippen molar-refractivity contribution >= 4 is 5.97 Å². The number of carbonyl (C=O) groups is 1. The first-order chi connectivity index (χ1) is 9.13. The lowest BCUT2D eigenvalue weighted by Gasteiger charge is -2.13. The maximum atomic E-state index is 11.8. The Bertz CT molecular complexity index is 370. The van der Waals surface area contributed by atoms with Crippen LogP contribution in [0.15, 0.2) is 24.3 Å². The first-order valence-corrected chi connectivity index (χ1v) is 7.13. The number of carbonyl (C=O) groups excluding carboxylic acids is 1. The maximum absolute atomic E-state index is 11.8. The normalized spacial score (nSPS) is 12.1. The minimum absolute atomic E-state index is 0.0528. The van der Waals surface area contributed by atoms with Gasteiger partial charge in [-0.1, -0.05) is 32.6 Å².